The molecule has 0 saturated heterocycles. The zero-order chi connectivity index (χ0) is 19.6. The third-order valence-corrected chi connectivity index (χ3v) is 4.72. The van der Waals surface area contributed by atoms with Gasteiger partial charge in [-0.2, -0.15) is 0 Å². The second-order valence-electron chi connectivity index (χ2n) is 8.59. The summed E-state index contributed by atoms with van der Waals surface area (Å²) < 4.78 is 11.0. The van der Waals surface area contributed by atoms with E-state index < -0.39 is 0 Å². The highest BCUT2D eigenvalue weighted by Gasteiger charge is 2.33. The summed E-state index contributed by atoms with van der Waals surface area (Å²) in [6, 6.07) is 0. The summed E-state index contributed by atoms with van der Waals surface area (Å²) in [7, 11) is 0. The highest BCUT2D eigenvalue weighted by atomic mass is 16.5. The van der Waals surface area contributed by atoms with Crippen LogP contribution in [0.4, 0.5) is 0 Å². The van der Waals surface area contributed by atoms with Crippen molar-refractivity contribution in [3.63, 3.8) is 0 Å². The minimum Gasteiger partial charge on any atom is -0.462 e. The van der Waals surface area contributed by atoms with Crippen molar-refractivity contribution >= 4 is 11.9 Å². The van der Waals surface area contributed by atoms with Gasteiger partial charge in [0.25, 0.3) is 0 Å². The van der Waals surface area contributed by atoms with Crippen LogP contribution in [0.2, 0.25) is 0 Å². The minimum absolute atomic E-state index is 0.105. The minimum atomic E-state index is -0.331. The van der Waals surface area contributed by atoms with Crippen LogP contribution in [0.5, 0.6) is 0 Å². The standard InChI is InChI=1S/C22H38O4/c1-6-8-14-25-20(23)18(16-22(3,4)5)19(17-12-10-11-13-17)21(24)26-15-9-7-2/h17H,6-16H2,1-5H3. The first kappa shape index (κ1) is 22.7. The first-order valence-electron chi connectivity index (χ1n) is 10.4. The summed E-state index contributed by atoms with van der Waals surface area (Å²) in [6.07, 6.45) is 8.28. The second kappa shape index (κ2) is 11.4. The van der Waals surface area contributed by atoms with E-state index >= 15 is 0 Å². The first-order valence-corrected chi connectivity index (χ1v) is 10.4. The molecule has 1 rings (SSSR count). The molecule has 0 aliphatic heterocycles. The highest BCUT2D eigenvalue weighted by molar-refractivity contribution is 6.00. The van der Waals surface area contributed by atoms with Gasteiger partial charge in [0.05, 0.1) is 18.8 Å². The van der Waals surface area contributed by atoms with E-state index in [0.717, 1.165) is 51.4 Å². The number of hydrogen-bond donors (Lipinski definition) is 0. The Balaban J connectivity index is 3.16. The number of unbranched alkanes of at least 4 members (excludes halogenated alkanes) is 2. The van der Waals surface area contributed by atoms with Crippen molar-refractivity contribution in [3.05, 3.63) is 11.1 Å². The normalized spacial score (nSPS) is 16.3. The molecule has 0 aromatic rings. The summed E-state index contributed by atoms with van der Waals surface area (Å²) in [4.78, 5) is 25.7. The van der Waals surface area contributed by atoms with Crippen LogP contribution in [0.3, 0.4) is 0 Å². The molecule has 26 heavy (non-hydrogen) atoms. The van der Waals surface area contributed by atoms with Gasteiger partial charge in [-0.25, -0.2) is 9.59 Å². The SMILES string of the molecule is CCCCOC(=O)C(CC(C)(C)C)=C(C(=O)OCCCC)C1CCCC1. The maximum absolute atomic E-state index is 12.9. The molecule has 1 saturated carbocycles. The van der Waals surface area contributed by atoms with Crippen molar-refractivity contribution < 1.29 is 19.1 Å². The summed E-state index contributed by atoms with van der Waals surface area (Å²) >= 11 is 0. The Morgan fingerprint density at radius 3 is 1.85 bits per heavy atom. The summed E-state index contributed by atoms with van der Waals surface area (Å²) in [5.41, 5.74) is 1.03. The van der Waals surface area contributed by atoms with Gasteiger partial charge in [0.1, 0.15) is 0 Å². The third kappa shape index (κ3) is 7.92. The lowest BCUT2D eigenvalue weighted by Crippen LogP contribution is -2.24. The molecule has 0 atom stereocenters. The van der Waals surface area contributed by atoms with Gasteiger partial charge in [0.2, 0.25) is 0 Å². The molecule has 0 radical (unpaired) electrons. The van der Waals surface area contributed by atoms with E-state index in [1.807, 2.05) is 0 Å². The van der Waals surface area contributed by atoms with Gasteiger partial charge in [0.15, 0.2) is 0 Å². The fourth-order valence-electron chi connectivity index (χ4n) is 3.34. The lowest BCUT2D eigenvalue weighted by atomic mass is 9.82. The van der Waals surface area contributed by atoms with Gasteiger partial charge in [-0.15, -0.1) is 0 Å². The summed E-state index contributed by atoms with van der Waals surface area (Å²) in [6.45, 7) is 11.2. The van der Waals surface area contributed by atoms with Crippen LogP contribution < -0.4 is 0 Å². The molecule has 0 bridgehead atoms. The molecule has 1 aliphatic carbocycles. The molecule has 150 valence electrons. The summed E-state index contributed by atoms with van der Waals surface area (Å²) in [5.74, 6) is -0.514. The molecule has 0 aromatic heterocycles. The fraction of sp³-hybridized carbons (Fsp3) is 0.818. The van der Waals surface area contributed by atoms with Gasteiger partial charge >= 0.3 is 11.9 Å². The van der Waals surface area contributed by atoms with Crippen molar-refractivity contribution in [1.29, 1.82) is 0 Å². The maximum Gasteiger partial charge on any atom is 0.334 e. The Morgan fingerprint density at radius 1 is 0.885 bits per heavy atom. The van der Waals surface area contributed by atoms with E-state index in [1.54, 1.807) is 0 Å². The number of rotatable bonds is 10. The molecule has 4 heteroatoms. The molecule has 0 amide bonds. The predicted octanol–water partition coefficient (Wildman–Crippen LogP) is 5.60. The van der Waals surface area contributed by atoms with Crippen molar-refractivity contribution in [1.82, 2.24) is 0 Å². The fourth-order valence-corrected chi connectivity index (χ4v) is 3.34. The largest absolute Gasteiger partial charge is 0.462 e. The zero-order valence-electron chi connectivity index (χ0n) is 17.5. The number of carbonyl (C=O) groups is 2. The Labute approximate surface area is 159 Å². The van der Waals surface area contributed by atoms with E-state index in [4.69, 9.17) is 9.47 Å². The van der Waals surface area contributed by atoms with Gasteiger partial charge < -0.3 is 9.47 Å². The molecule has 0 aromatic carbocycles. The van der Waals surface area contributed by atoms with Crippen LogP contribution >= 0.6 is 0 Å². The summed E-state index contributed by atoms with van der Waals surface area (Å²) in [5, 5.41) is 0. The number of hydrogen-bond acceptors (Lipinski definition) is 4. The van der Waals surface area contributed by atoms with Gasteiger partial charge in [-0.3, -0.25) is 0 Å². The smallest absolute Gasteiger partial charge is 0.334 e. The van der Waals surface area contributed by atoms with Crippen LogP contribution in [0.1, 0.15) is 92.4 Å². The van der Waals surface area contributed by atoms with Crippen LogP contribution in [-0.4, -0.2) is 25.2 Å². The van der Waals surface area contributed by atoms with Gasteiger partial charge in [0, 0.05) is 5.57 Å². The van der Waals surface area contributed by atoms with Crippen molar-refractivity contribution in [3.8, 4) is 0 Å². The Kier molecular flexibility index (Phi) is 9.97. The maximum atomic E-state index is 12.9. The zero-order valence-corrected chi connectivity index (χ0v) is 17.5. The average molecular weight is 367 g/mol. The first-order chi connectivity index (χ1) is 12.3. The van der Waals surface area contributed by atoms with Crippen molar-refractivity contribution in [2.24, 2.45) is 11.3 Å². The number of carbonyl (C=O) groups excluding carboxylic acids is 2. The topological polar surface area (TPSA) is 52.6 Å². The van der Waals surface area contributed by atoms with E-state index in [2.05, 4.69) is 34.6 Å². The molecule has 0 unspecified atom stereocenters. The monoisotopic (exact) mass is 366 g/mol. The van der Waals surface area contributed by atoms with Gasteiger partial charge in [-0.1, -0.05) is 60.3 Å². The number of esters is 2. The van der Waals surface area contributed by atoms with E-state index in [1.165, 1.54) is 0 Å². The predicted molar refractivity (Wildman–Crippen MR) is 105 cm³/mol. The van der Waals surface area contributed by atoms with Crippen LogP contribution in [0.25, 0.3) is 0 Å². The van der Waals surface area contributed by atoms with Gasteiger partial charge in [-0.05, 0) is 43.4 Å². The highest BCUT2D eigenvalue weighted by Crippen LogP contribution is 2.37. The van der Waals surface area contributed by atoms with E-state index in [-0.39, 0.29) is 23.3 Å². The molecular formula is C22H38O4. The van der Waals surface area contributed by atoms with E-state index in [9.17, 15) is 9.59 Å². The Bertz CT molecular complexity index is 479. The molecule has 0 spiro atoms. The Morgan fingerprint density at radius 2 is 1.38 bits per heavy atom. The second-order valence-corrected chi connectivity index (χ2v) is 8.59. The molecule has 0 heterocycles. The van der Waals surface area contributed by atoms with Crippen molar-refractivity contribution in [2.45, 2.75) is 92.4 Å². The average Bonchev–Trinajstić information content (AvgIpc) is 3.07. The molecule has 0 N–H and O–H groups in total. The lowest BCUT2D eigenvalue weighted by Gasteiger charge is -2.24. The van der Waals surface area contributed by atoms with Crippen LogP contribution in [-0.2, 0) is 19.1 Å². The van der Waals surface area contributed by atoms with E-state index in [0.29, 0.717) is 30.8 Å². The molecule has 1 fully saturated rings. The molecular weight excluding hydrogens is 328 g/mol. The van der Waals surface area contributed by atoms with Crippen molar-refractivity contribution in [2.75, 3.05) is 13.2 Å². The van der Waals surface area contributed by atoms with Crippen LogP contribution in [0.15, 0.2) is 11.1 Å². The molecule has 4 nitrogen and oxygen atoms in total. The quantitative estimate of drug-likeness (QED) is 0.287. The number of ether oxygens (including phenoxy) is 2. The van der Waals surface area contributed by atoms with Crippen LogP contribution in [0, 0.1) is 11.3 Å². The lowest BCUT2D eigenvalue weighted by molar-refractivity contribution is -0.143. The molecule has 1 aliphatic rings. The third-order valence-electron chi connectivity index (χ3n) is 4.72. The Hall–Kier alpha value is -1.32.